The molecule has 0 spiro atoms. The Kier molecular flexibility index (Phi) is 5.08. The summed E-state index contributed by atoms with van der Waals surface area (Å²) >= 11 is 0. The number of benzene rings is 3. The summed E-state index contributed by atoms with van der Waals surface area (Å²) < 4.78 is 5.34. The topological polar surface area (TPSA) is 35.2 Å². The maximum absolute atomic E-state index is 6.90. The summed E-state index contributed by atoms with van der Waals surface area (Å²) in [6, 6.07) is 29.6. The number of allylic oxidation sites excluding steroid dienone is 1. The van der Waals surface area contributed by atoms with E-state index in [0.29, 0.717) is 0 Å². The quantitative estimate of drug-likeness (QED) is 0.649. The van der Waals surface area contributed by atoms with Crippen LogP contribution < -0.4 is 10.5 Å². The lowest BCUT2D eigenvalue weighted by atomic mass is 9.68. The van der Waals surface area contributed by atoms with Gasteiger partial charge in [-0.1, -0.05) is 84.9 Å². The number of ether oxygens (including phenoxy) is 1. The average molecular weight is 355 g/mol. The first kappa shape index (κ1) is 17.6. The Hall–Kier alpha value is -2.84. The fourth-order valence-corrected chi connectivity index (χ4v) is 4.21. The fourth-order valence-electron chi connectivity index (χ4n) is 4.21. The highest BCUT2D eigenvalue weighted by Gasteiger charge is 2.36. The van der Waals surface area contributed by atoms with Gasteiger partial charge in [0.05, 0.1) is 7.11 Å². The zero-order chi connectivity index (χ0) is 18.6. The summed E-state index contributed by atoms with van der Waals surface area (Å²) in [7, 11) is 1.70. The number of methoxy groups -OCH3 is 1. The van der Waals surface area contributed by atoms with Gasteiger partial charge in [0.15, 0.2) is 0 Å². The van der Waals surface area contributed by atoms with E-state index in [1.165, 1.54) is 16.7 Å². The summed E-state index contributed by atoms with van der Waals surface area (Å²) in [4.78, 5) is 0. The van der Waals surface area contributed by atoms with E-state index in [9.17, 15) is 0 Å². The minimum atomic E-state index is -0.00370. The second-order valence-electron chi connectivity index (χ2n) is 7.13. The molecule has 4 rings (SSSR count). The van der Waals surface area contributed by atoms with E-state index in [2.05, 4.69) is 84.9 Å². The molecule has 136 valence electrons. The second-order valence-corrected chi connectivity index (χ2v) is 7.13. The number of rotatable bonds is 4. The van der Waals surface area contributed by atoms with Crippen LogP contribution in [0.15, 0.2) is 97.1 Å². The standard InChI is InChI=1S/C25H25NO/c1-27-21-14-12-20(13-15-21)24-22(18-8-4-2-5-9-18)16-17-23(25(24)26)19-10-6-3-7-11-19/h2-17,22-25H,26H2,1H3. The Morgan fingerprint density at radius 2 is 1.15 bits per heavy atom. The van der Waals surface area contributed by atoms with E-state index in [4.69, 9.17) is 10.5 Å². The molecule has 3 aromatic carbocycles. The van der Waals surface area contributed by atoms with Crippen molar-refractivity contribution in [2.24, 2.45) is 5.73 Å². The van der Waals surface area contributed by atoms with Crippen molar-refractivity contribution in [2.45, 2.75) is 23.8 Å². The van der Waals surface area contributed by atoms with Crippen molar-refractivity contribution in [3.63, 3.8) is 0 Å². The molecule has 0 aromatic heterocycles. The third kappa shape index (κ3) is 3.54. The zero-order valence-corrected chi connectivity index (χ0v) is 15.5. The van der Waals surface area contributed by atoms with Gasteiger partial charge < -0.3 is 10.5 Å². The second kappa shape index (κ2) is 7.81. The van der Waals surface area contributed by atoms with Crippen LogP contribution in [0, 0.1) is 0 Å². The van der Waals surface area contributed by atoms with E-state index < -0.39 is 0 Å². The Morgan fingerprint density at radius 1 is 0.630 bits per heavy atom. The molecule has 0 radical (unpaired) electrons. The van der Waals surface area contributed by atoms with E-state index >= 15 is 0 Å². The maximum atomic E-state index is 6.90. The molecule has 1 aliphatic carbocycles. The summed E-state index contributed by atoms with van der Waals surface area (Å²) in [6.07, 6.45) is 4.63. The third-order valence-electron chi connectivity index (χ3n) is 5.61. The van der Waals surface area contributed by atoms with E-state index in [0.717, 1.165) is 5.75 Å². The highest BCUT2D eigenvalue weighted by atomic mass is 16.5. The Balaban J connectivity index is 1.77. The molecule has 0 amide bonds. The monoisotopic (exact) mass is 355 g/mol. The van der Waals surface area contributed by atoms with Crippen LogP contribution in [0.2, 0.25) is 0 Å². The van der Waals surface area contributed by atoms with Gasteiger partial charge >= 0.3 is 0 Å². The van der Waals surface area contributed by atoms with Crippen molar-refractivity contribution in [3.8, 4) is 5.75 Å². The molecule has 1 aliphatic rings. The molecule has 4 atom stereocenters. The average Bonchev–Trinajstić information content (AvgIpc) is 2.75. The molecule has 0 bridgehead atoms. The van der Waals surface area contributed by atoms with Crippen LogP contribution in [0.4, 0.5) is 0 Å². The van der Waals surface area contributed by atoms with E-state index in [1.807, 2.05) is 12.1 Å². The molecule has 0 heterocycles. The predicted molar refractivity (Wildman–Crippen MR) is 111 cm³/mol. The van der Waals surface area contributed by atoms with Crippen LogP contribution in [0.1, 0.15) is 34.4 Å². The zero-order valence-electron chi connectivity index (χ0n) is 15.5. The maximum Gasteiger partial charge on any atom is 0.118 e. The van der Waals surface area contributed by atoms with Gasteiger partial charge in [-0.05, 0) is 28.8 Å². The smallest absolute Gasteiger partial charge is 0.118 e. The van der Waals surface area contributed by atoms with Crippen LogP contribution in [-0.2, 0) is 0 Å². The fraction of sp³-hybridized carbons (Fsp3) is 0.200. The van der Waals surface area contributed by atoms with Gasteiger partial charge in [-0.3, -0.25) is 0 Å². The normalized spacial score (nSPS) is 24.5. The molecule has 0 saturated heterocycles. The lowest BCUT2D eigenvalue weighted by Gasteiger charge is -2.38. The van der Waals surface area contributed by atoms with Crippen molar-refractivity contribution in [2.75, 3.05) is 7.11 Å². The summed E-state index contributed by atoms with van der Waals surface area (Å²) in [6.45, 7) is 0. The first-order valence-electron chi connectivity index (χ1n) is 9.45. The third-order valence-corrected chi connectivity index (χ3v) is 5.61. The van der Waals surface area contributed by atoms with Crippen molar-refractivity contribution in [1.29, 1.82) is 0 Å². The molecular formula is C25H25NO. The Labute approximate surface area is 161 Å². The molecule has 0 fully saturated rings. The van der Waals surface area contributed by atoms with E-state index in [1.54, 1.807) is 7.11 Å². The summed E-state index contributed by atoms with van der Waals surface area (Å²) in [5, 5.41) is 0. The molecule has 0 aliphatic heterocycles. The van der Waals surface area contributed by atoms with Crippen LogP contribution in [0.5, 0.6) is 5.75 Å². The van der Waals surface area contributed by atoms with Crippen LogP contribution in [0.25, 0.3) is 0 Å². The molecule has 4 unspecified atom stereocenters. The van der Waals surface area contributed by atoms with E-state index in [-0.39, 0.29) is 23.8 Å². The molecule has 2 N–H and O–H groups in total. The number of hydrogen-bond donors (Lipinski definition) is 1. The minimum Gasteiger partial charge on any atom is -0.497 e. The first-order valence-corrected chi connectivity index (χ1v) is 9.45. The van der Waals surface area contributed by atoms with Crippen molar-refractivity contribution < 1.29 is 4.74 Å². The Bertz CT molecular complexity index is 887. The van der Waals surface area contributed by atoms with Gasteiger partial charge in [-0.15, -0.1) is 0 Å². The molecular weight excluding hydrogens is 330 g/mol. The highest BCUT2D eigenvalue weighted by molar-refractivity contribution is 5.41. The largest absolute Gasteiger partial charge is 0.497 e. The lowest BCUT2D eigenvalue weighted by molar-refractivity contribution is 0.412. The molecule has 2 nitrogen and oxygen atoms in total. The molecule has 2 heteroatoms. The van der Waals surface area contributed by atoms with Crippen molar-refractivity contribution >= 4 is 0 Å². The lowest BCUT2D eigenvalue weighted by Crippen LogP contribution is -2.39. The van der Waals surface area contributed by atoms with Crippen LogP contribution in [-0.4, -0.2) is 13.2 Å². The molecule has 3 aromatic rings. The van der Waals surface area contributed by atoms with Crippen LogP contribution in [0.3, 0.4) is 0 Å². The Morgan fingerprint density at radius 3 is 1.70 bits per heavy atom. The SMILES string of the molecule is COc1ccc(C2C(c3ccccc3)C=CC(c3ccccc3)C2N)cc1. The first-order chi connectivity index (χ1) is 13.3. The van der Waals surface area contributed by atoms with Crippen molar-refractivity contribution in [3.05, 3.63) is 114 Å². The highest BCUT2D eigenvalue weighted by Crippen LogP contribution is 2.45. The number of hydrogen-bond acceptors (Lipinski definition) is 2. The van der Waals surface area contributed by atoms with Gasteiger partial charge in [-0.25, -0.2) is 0 Å². The molecule has 0 saturated carbocycles. The summed E-state index contributed by atoms with van der Waals surface area (Å²) in [5.74, 6) is 1.54. The minimum absolute atomic E-state index is 0.00370. The predicted octanol–water partition coefficient (Wildman–Crippen LogP) is 5.24. The van der Waals surface area contributed by atoms with Crippen LogP contribution >= 0.6 is 0 Å². The van der Waals surface area contributed by atoms with Gasteiger partial charge in [-0.2, -0.15) is 0 Å². The van der Waals surface area contributed by atoms with Gasteiger partial charge in [0.25, 0.3) is 0 Å². The summed E-state index contributed by atoms with van der Waals surface area (Å²) in [5.41, 5.74) is 10.7. The van der Waals surface area contributed by atoms with Gasteiger partial charge in [0.2, 0.25) is 0 Å². The molecule has 27 heavy (non-hydrogen) atoms. The van der Waals surface area contributed by atoms with Gasteiger partial charge in [0, 0.05) is 23.8 Å². The van der Waals surface area contributed by atoms with Gasteiger partial charge in [0.1, 0.15) is 5.75 Å². The van der Waals surface area contributed by atoms with Crippen molar-refractivity contribution in [1.82, 2.24) is 0 Å². The number of nitrogens with two attached hydrogens (primary N) is 1.